The minimum absolute atomic E-state index is 0.124. The van der Waals surface area contributed by atoms with E-state index in [-0.39, 0.29) is 12.6 Å². The first-order chi connectivity index (χ1) is 7.22. The van der Waals surface area contributed by atoms with Crippen molar-refractivity contribution in [2.24, 2.45) is 0 Å². The summed E-state index contributed by atoms with van der Waals surface area (Å²) < 4.78 is 5.07. The summed E-state index contributed by atoms with van der Waals surface area (Å²) in [6.07, 6.45) is 0.666. The van der Waals surface area contributed by atoms with Crippen molar-refractivity contribution in [3.63, 3.8) is 0 Å². The number of nitrogens with one attached hydrogen (secondary N) is 1. The summed E-state index contributed by atoms with van der Waals surface area (Å²) in [4.78, 5) is 0. The molecule has 3 nitrogen and oxygen atoms in total. The molecule has 0 radical (unpaired) electrons. The van der Waals surface area contributed by atoms with Gasteiger partial charge in [-0.05, 0) is 31.2 Å². The second kappa shape index (κ2) is 5.95. The van der Waals surface area contributed by atoms with E-state index in [9.17, 15) is 0 Å². The second-order valence-electron chi connectivity index (χ2n) is 3.25. The molecule has 15 heavy (non-hydrogen) atoms. The standard InChI is InChI=1S/C11H16ClNO2/c1-13-10(5-6-14)8-3-4-11(15-2)9(12)7-8/h3-4,7,10,13-14H,5-6H2,1-2H3. The lowest BCUT2D eigenvalue weighted by Gasteiger charge is -2.16. The van der Waals surface area contributed by atoms with Crippen molar-refractivity contribution in [1.82, 2.24) is 5.32 Å². The Balaban J connectivity index is 2.89. The lowest BCUT2D eigenvalue weighted by Crippen LogP contribution is -2.17. The summed E-state index contributed by atoms with van der Waals surface area (Å²) in [5.74, 6) is 0.666. The van der Waals surface area contributed by atoms with E-state index in [2.05, 4.69) is 5.32 Å². The zero-order valence-corrected chi connectivity index (χ0v) is 9.71. The summed E-state index contributed by atoms with van der Waals surface area (Å²) >= 11 is 6.02. The molecule has 84 valence electrons. The van der Waals surface area contributed by atoms with Gasteiger partial charge in [0.2, 0.25) is 0 Å². The van der Waals surface area contributed by atoms with Gasteiger partial charge in [-0.3, -0.25) is 0 Å². The van der Waals surface area contributed by atoms with E-state index < -0.39 is 0 Å². The molecule has 0 aliphatic heterocycles. The lowest BCUT2D eigenvalue weighted by atomic mass is 10.0. The third-order valence-electron chi connectivity index (χ3n) is 2.34. The maximum Gasteiger partial charge on any atom is 0.137 e. The first-order valence-corrected chi connectivity index (χ1v) is 5.22. The monoisotopic (exact) mass is 229 g/mol. The Kier molecular flexibility index (Phi) is 4.88. The largest absolute Gasteiger partial charge is 0.495 e. The smallest absolute Gasteiger partial charge is 0.137 e. The van der Waals surface area contributed by atoms with Gasteiger partial charge in [-0.25, -0.2) is 0 Å². The van der Waals surface area contributed by atoms with Crippen LogP contribution in [0.4, 0.5) is 0 Å². The van der Waals surface area contributed by atoms with Gasteiger partial charge in [-0.15, -0.1) is 0 Å². The number of methoxy groups -OCH3 is 1. The third-order valence-corrected chi connectivity index (χ3v) is 2.64. The van der Waals surface area contributed by atoms with Crippen LogP contribution in [0, 0.1) is 0 Å². The SMILES string of the molecule is CNC(CCO)c1ccc(OC)c(Cl)c1. The van der Waals surface area contributed by atoms with E-state index in [1.807, 2.05) is 25.2 Å². The summed E-state index contributed by atoms with van der Waals surface area (Å²) in [6, 6.07) is 5.76. The fourth-order valence-corrected chi connectivity index (χ4v) is 1.77. The molecule has 1 aromatic carbocycles. The summed E-state index contributed by atoms with van der Waals surface area (Å²) in [6.45, 7) is 0.148. The van der Waals surface area contributed by atoms with Crippen LogP contribution >= 0.6 is 11.6 Å². The number of ether oxygens (including phenoxy) is 1. The van der Waals surface area contributed by atoms with Crippen LogP contribution in [0.15, 0.2) is 18.2 Å². The number of benzene rings is 1. The Morgan fingerprint density at radius 2 is 2.27 bits per heavy atom. The fraction of sp³-hybridized carbons (Fsp3) is 0.455. The minimum atomic E-state index is 0.124. The van der Waals surface area contributed by atoms with Crippen molar-refractivity contribution in [2.45, 2.75) is 12.5 Å². The van der Waals surface area contributed by atoms with Crippen molar-refractivity contribution in [3.8, 4) is 5.75 Å². The van der Waals surface area contributed by atoms with E-state index in [1.165, 1.54) is 0 Å². The van der Waals surface area contributed by atoms with Gasteiger partial charge in [0.25, 0.3) is 0 Å². The van der Waals surface area contributed by atoms with Crippen molar-refractivity contribution >= 4 is 11.6 Å². The molecule has 1 unspecified atom stereocenters. The quantitative estimate of drug-likeness (QED) is 0.812. The molecule has 0 heterocycles. The molecule has 4 heteroatoms. The zero-order valence-electron chi connectivity index (χ0n) is 8.96. The Labute approximate surface area is 95.0 Å². The average Bonchev–Trinajstić information content (AvgIpc) is 2.25. The predicted octanol–water partition coefficient (Wildman–Crippen LogP) is 1.99. The van der Waals surface area contributed by atoms with Crippen molar-refractivity contribution in [3.05, 3.63) is 28.8 Å². The van der Waals surface area contributed by atoms with Gasteiger partial charge in [0.1, 0.15) is 5.75 Å². The van der Waals surface area contributed by atoms with Crippen molar-refractivity contribution in [1.29, 1.82) is 0 Å². The number of hydrogen-bond acceptors (Lipinski definition) is 3. The molecule has 0 saturated carbocycles. The van der Waals surface area contributed by atoms with E-state index in [0.29, 0.717) is 17.2 Å². The summed E-state index contributed by atoms with van der Waals surface area (Å²) in [7, 11) is 3.45. The maximum atomic E-state index is 8.90. The number of halogens is 1. The molecular weight excluding hydrogens is 214 g/mol. The normalized spacial score (nSPS) is 12.5. The molecule has 0 spiro atoms. The molecule has 1 atom stereocenters. The first kappa shape index (κ1) is 12.3. The van der Waals surface area contributed by atoms with Crippen LogP contribution in [0.2, 0.25) is 5.02 Å². The van der Waals surface area contributed by atoms with Crippen LogP contribution < -0.4 is 10.1 Å². The maximum absolute atomic E-state index is 8.90. The molecule has 1 rings (SSSR count). The van der Waals surface area contributed by atoms with E-state index >= 15 is 0 Å². The molecule has 0 saturated heterocycles. The zero-order chi connectivity index (χ0) is 11.3. The predicted molar refractivity (Wildman–Crippen MR) is 61.5 cm³/mol. The van der Waals surface area contributed by atoms with Gasteiger partial charge >= 0.3 is 0 Å². The van der Waals surface area contributed by atoms with E-state index in [4.69, 9.17) is 21.4 Å². The molecule has 0 bridgehead atoms. The molecule has 0 amide bonds. The van der Waals surface area contributed by atoms with Crippen LogP contribution in [0.3, 0.4) is 0 Å². The molecule has 1 aromatic rings. The van der Waals surface area contributed by atoms with Gasteiger partial charge in [-0.2, -0.15) is 0 Å². The van der Waals surface area contributed by atoms with Gasteiger partial charge < -0.3 is 15.2 Å². The minimum Gasteiger partial charge on any atom is -0.495 e. The van der Waals surface area contributed by atoms with Crippen LogP contribution in [0.1, 0.15) is 18.0 Å². The fourth-order valence-electron chi connectivity index (χ4n) is 1.51. The highest BCUT2D eigenvalue weighted by molar-refractivity contribution is 6.32. The molecule has 0 aliphatic carbocycles. The second-order valence-corrected chi connectivity index (χ2v) is 3.65. The molecule has 0 aliphatic rings. The highest BCUT2D eigenvalue weighted by Crippen LogP contribution is 2.28. The highest BCUT2D eigenvalue weighted by Gasteiger charge is 2.10. The van der Waals surface area contributed by atoms with E-state index in [1.54, 1.807) is 7.11 Å². The Morgan fingerprint density at radius 3 is 2.73 bits per heavy atom. The number of rotatable bonds is 5. The van der Waals surface area contributed by atoms with Crippen LogP contribution in [-0.4, -0.2) is 25.9 Å². The topological polar surface area (TPSA) is 41.5 Å². The summed E-state index contributed by atoms with van der Waals surface area (Å²) in [5.41, 5.74) is 1.05. The van der Waals surface area contributed by atoms with Gasteiger partial charge in [-0.1, -0.05) is 17.7 Å². The van der Waals surface area contributed by atoms with E-state index in [0.717, 1.165) is 5.56 Å². The number of hydrogen-bond donors (Lipinski definition) is 2. The van der Waals surface area contributed by atoms with Gasteiger partial charge in [0.05, 0.1) is 12.1 Å². The Bertz CT molecular complexity index is 317. The van der Waals surface area contributed by atoms with Crippen molar-refractivity contribution < 1.29 is 9.84 Å². The third kappa shape index (κ3) is 3.09. The Hall–Kier alpha value is -0.770. The van der Waals surface area contributed by atoms with Gasteiger partial charge in [0, 0.05) is 12.6 Å². The van der Waals surface area contributed by atoms with Crippen LogP contribution in [0.5, 0.6) is 5.75 Å². The first-order valence-electron chi connectivity index (χ1n) is 4.84. The molecule has 0 fully saturated rings. The number of aliphatic hydroxyl groups is 1. The number of aliphatic hydroxyl groups excluding tert-OH is 1. The van der Waals surface area contributed by atoms with Crippen molar-refractivity contribution in [2.75, 3.05) is 20.8 Å². The summed E-state index contributed by atoms with van der Waals surface area (Å²) in [5, 5.41) is 12.6. The van der Waals surface area contributed by atoms with Crippen LogP contribution in [0.25, 0.3) is 0 Å². The molecular formula is C11H16ClNO2. The van der Waals surface area contributed by atoms with Crippen LogP contribution in [-0.2, 0) is 0 Å². The molecule has 0 aromatic heterocycles. The average molecular weight is 230 g/mol. The Morgan fingerprint density at radius 1 is 1.53 bits per heavy atom. The van der Waals surface area contributed by atoms with Gasteiger partial charge in [0.15, 0.2) is 0 Å². The highest BCUT2D eigenvalue weighted by atomic mass is 35.5. The molecule has 2 N–H and O–H groups in total. The lowest BCUT2D eigenvalue weighted by molar-refractivity contribution is 0.269.